The molecule has 3 fully saturated rings. The lowest BCUT2D eigenvalue weighted by molar-refractivity contribution is -0.204. The largest absolute Gasteiger partial charge is 0.507 e. The monoisotopic (exact) mass is 460 g/mol. The summed E-state index contributed by atoms with van der Waals surface area (Å²) in [5.74, 6) is 0.342. The van der Waals surface area contributed by atoms with Gasteiger partial charge in [0.25, 0.3) is 0 Å². The first-order valence-electron chi connectivity index (χ1n) is 12.3. The molecule has 33 heavy (non-hydrogen) atoms. The van der Waals surface area contributed by atoms with Gasteiger partial charge in [-0.1, -0.05) is 20.4 Å². The minimum atomic E-state index is -0.689. The molecule has 6 nitrogen and oxygen atoms in total. The molecule has 3 aliphatic rings. The summed E-state index contributed by atoms with van der Waals surface area (Å²) in [6.07, 6.45) is 2.79. The minimum absolute atomic E-state index is 0.0120. The summed E-state index contributed by atoms with van der Waals surface area (Å²) >= 11 is 0. The van der Waals surface area contributed by atoms with Crippen molar-refractivity contribution in [3.8, 4) is 5.75 Å². The molecule has 7 atom stereocenters. The Morgan fingerprint density at radius 1 is 1.06 bits per heavy atom. The highest BCUT2D eigenvalue weighted by Crippen LogP contribution is 2.64. The predicted octanol–water partition coefficient (Wildman–Crippen LogP) is 4.18. The van der Waals surface area contributed by atoms with Crippen LogP contribution >= 0.6 is 0 Å². The molecule has 0 aromatic carbocycles. The van der Waals surface area contributed by atoms with Crippen molar-refractivity contribution in [1.82, 2.24) is 0 Å². The Balaban J connectivity index is 1.76. The third-order valence-electron chi connectivity index (χ3n) is 9.68. The maximum absolute atomic E-state index is 12.7. The van der Waals surface area contributed by atoms with Crippen LogP contribution in [0.4, 0.5) is 0 Å². The zero-order valence-electron chi connectivity index (χ0n) is 20.9. The van der Waals surface area contributed by atoms with E-state index in [1.807, 2.05) is 13.8 Å². The third-order valence-corrected chi connectivity index (χ3v) is 9.68. The van der Waals surface area contributed by atoms with E-state index >= 15 is 0 Å². The molecule has 1 aromatic rings. The highest BCUT2D eigenvalue weighted by Gasteiger charge is 2.61. The molecular weight excluding hydrogens is 420 g/mol. The molecule has 0 spiro atoms. The van der Waals surface area contributed by atoms with Crippen LogP contribution in [0.15, 0.2) is 21.4 Å². The summed E-state index contributed by atoms with van der Waals surface area (Å²) in [4.78, 5) is 12.7. The van der Waals surface area contributed by atoms with Crippen LogP contribution in [0, 0.1) is 36.5 Å². The molecule has 6 heteroatoms. The van der Waals surface area contributed by atoms with Gasteiger partial charge < -0.3 is 24.5 Å². The van der Waals surface area contributed by atoms with Crippen molar-refractivity contribution < 1.29 is 24.5 Å². The predicted molar refractivity (Wildman–Crippen MR) is 126 cm³/mol. The summed E-state index contributed by atoms with van der Waals surface area (Å²) in [5.41, 5.74) is -0.0403. The first kappa shape index (κ1) is 24.5. The zero-order valence-corrected chi connectivity index (χ0v) is 20.9. The Hall–Kier alpha value is -1.63. The standard InChI is InChI=1S/C27H40O6/c1-14-16(3)32-24(31)17(23(14)30)12-18-15(2)19(28)13-20-26(18,6)11-9-22-27(20,7)10-8-21(29)25(4,5)33-22/h18-22,28-30H,2,8-13H2,1,3-7H3. The van der Waals surface area contributed by atoms with Gasteiger partial charge in [-0.25, -0.2) is 4.79 Å². The van der Waals surface area contributed by atoms with Crippen LogP contribution in [0.2, 0.25) is 0 Å². The maximum Gasteiger partial charge on any atom is 0.342 e. The van der Waals surface area contributed by atoms with E-state index in [1.54, 1.807) is 13.8 Å². The highest BCUT2D eigenvalue weighted by atomic mass is 16.5. The molecule has 1 aromatic heterocycles. The van der Waals surface area contributed by atoms with Gasteiger partial charge in [0.15, 0.2) is 0 Å². The van der Waals surface area contributed by atoms with E-state index in [1.165, 1.54) is 0 Å². The van der Waals surface area contributed by atoms with E-state index in [4.69, 9.17) is 9.15 Å². The second kappa shape index (κ2) is 7.96. The molecular formula is C27H40O6. The zero-order chi connectivity index (χ0) is 24.5. The molecule has 2 saturated carbocycles. The summed E-state index contributed by atoms with van der Waals surface area (Å²) in [7, 11) is 0. The van der Waals surface area contributed by atoms with Crippen molar-refractivity contribution in [3.05, 3.63) is 39.5 Å². The number of fused-ring (bicyclic) bond motifs is 3. The first-order valence-corrected chi connectivity index (χ1v) is 12.3. The Morgan fingerprint density at radius 2 is 1.70 bits per heavy atom. The maximum atomic E-state index is 12.7. The minimum Gasteiger partial charge on any atom is -0.507 e. The average molecular weight is 461 g/mol. The van der Waals surface area contributed by atoms with Crippen molar-refractivity contribution in [1.29, 1.82) is 0 Å². The molecule has 2 aliphatic carbocycles. The number of rotatable bonds is 2. The van der Waals surface area contributed by atoms with Gasteiger partial charge in [0, 0.05) is 5.56 Å². The van der Waals surface area contributed by atoms with Gasteiger partial charge in [0.1, 0.15) is 11.5 Å². The normalized spacial score (nSPS) is 40.6. The van der Waals surface area contributed by atoms with Gasteiger partial charge in [0.2, 0.25) is 0 Å². The number of ether oxygens (including phenoxy) is 1. The van der Waals surface area contributed by atoms with Crippen LogP contribution in [0.5, 0.6) is 5.75 Å². The highest BCUT2D eigenvalue weighted by molar-refractivity contribution is 5.40. The van der Waals surface area contributed by atoms with Gasteiger partial charge in [-0.2, -0.15) is 0 Å². The number of aryl methyl sites for hydroxylation is 1. The smallest absolute Gasteiger partial charge is 0.342 e. The number of aromatic hydroxyl groups is 1. The number of aliphatic hydroxyl groups excluding tert-OH is 2. The van der Waals surface area contributed by atoms with Gasteiger partial charge in [-0.3, -0.25) is 0 Å². The Kier molecular flexibility index (Phi) is 5.91. The summed E-state index contributed by atoms with van der Waals surface area (Å²) in [6, 6.07) is 0. The molecule has 4 rings (SSSR count). The molecule has 0 amide bonds. The molecule has 1 aliphatic heterocycles. The second-order valence-corrected chi connectivity index (χ2v) is 11.8. The molecule has 0 radical (unpaired) electrons. The molecule has 0 bridgehead atoms. The first-order chi connectivity index (χ1) is 15.2. The molecule has 2 heterocycles. The van der Waals surface area contributed by atoms with Gasteiger partial charge in [-0.05, 0) is 94.5 Å². The van der Waals surface area contributed by atoms with Crippen molar-refractivity contribution in [2.45, 2.75) is 104 Å². The Labute approximate surface area is 196 Å². The van der Waals surface area contributed by atoms with Crippen LogP contribution < -0.4 is 5.63 Å². The Bertz CT molecular complexity index is 1010. The van der Waals surface area contributed by atoms with E-state index in [2.05, 4.69) is 20.4 Å². The molecule has 7 unspecified atom stereocenters. The topological polar surface area (TPSA) is 100 Å². The summed E-state index contributed by atoms with van der Waals surface area (Å²) in [6.45, 7) is 16.1. The number of aliphatic hydroxyl groups is 2. The lowest BCUT2D eigenvalue weighted by Gasteiger charge is -2.62. The fourth-order valence-corrected chi connectivity index (χ4v) is 7.19. The summed E-state index contributed by atoms with van der Waals surface area (Å²) in [5, 5.41) is 32.6. The fraction of sp³-hybridized carbons (Fsp3) is 0.741. The lowest BCUT2D eigenvalue weighted by Crippen LogP contribution is -2.59. The van der Waals surface area contributed by atoms with Crippen LogP contribution in [0.25, 0.3) is 0 Å². The van der Waals surface area contributed by atoms with Crippen LogP contribution in [0.3, 0.4) is 0 Å². The molecule has 1 saturated heterocycles. The van der Waals surface area contributed by atoms with Crippen molar-refractivity contribution in [2.75, 3.05) is 0 Å². The molecule has 184 valence electrons. The summed E-state index contributed by atoms with van der Waals surface area (Å²) < 4.78 is 11.9. The van der Waals surface area contributed by atoms with Crippen molar-refractivity contribution in [3.63, 3.8) is 0 Å². The van der Waals surface area contributed by atoms with E-state index in [0.717, 1.165) is 24.8 Å². The SMILES string of the molecule is C=C1C(O)CC2C3(C)CCC(O)C(C)(C)OC3CCC2(C)C1Cc1c(O)c(C)c(C)oc1=O. The van der Waals surface area contributed by atoms with Crippen molar-refractivity contribution in [2.24, 2.45) is 22.7 Å². The third kappa shape index (κ3) is 3.69. The van der Waals surface area contributed by atoms with E-state index in [9.17, 15) is 20.1 Å². The van der Waals surface area contributed by atoms with Crippen molar-refractivity contribution >= 4 is 0 Å². The number of hydrogen-bond acceptors (Lipinski definition) is 6. The van der Waals surface area contributed by atoms with Gasteiger partial charge in [-0.15, -0.1) is 0 Å². The van der Waals surface area contributed by atoms with E-state index < -0.39 is 23.4 Å². The van der Waals surface area contributed by atoms with Crippen LogP contribution in [0.1, 0.15) is 76.7 Å². The van der Waals surface area contributed by atoms with E-state index in [-0.39, 0.29) is 46.5 Å². The average Bonchev–Trinajstić information content (AvgIpc) is 2.82. The lowest BCUT2D eigenvalue weighted by atomic mass is 9.44. The van der Waals surface area contributed by atoms with Crippen LogP contribution in [-0.2, 0) is 11.2 Å². The van der Waals surface area contributed by atoms with Gasteiger partial charge >= 0.3 is 5.63 Å². The fourth-order valence-electron chi connectivity index (χ4n) is 7.19. The second-order valence-electron chi connectivity index (χ2n) is 11.8. The van der Waals surface area contributed by atoms with Gasteiger partial charge in [0.05, 0.1) is 29.5 Å². The van der Waals surface area contributed by atoms with Crippen LogP contribution in [-0.4, -0.2) is 39.2 Å². The van der Waals surface area contributed by atoms with E-state index in [0.29, 0.717) is 24.2 Å². The molecule has 3 N–H and O–H groups in total. The Morgan fingerprint density at radius 3 is 2.36 bits per heavy atom. The quantitative estimate of drug-likeness (QED) is 0.573. The number of hydrogen-bond donors (Lipinski definition) is 3.